The molecule has 21 heavy (non-hydrogen) atoms. The Morgan fingerprint density at radius 2 is 1.71 bits per heavy atom. The van der Waals surface area contributed by atoms with Gasteiger partial charge in [0.25, 0.3) is 0 Å². The lowest BCUT2D eigenvalue weighted by molar-refractivity contribution is -0.142. The molecule has 1 aromatic rings. The van der Waals surface area contributed by atoms with Crippen LogP contribution in [0.25, 0.3) is 0 Å². The van der Waals surface area contributed by atoms with Crippen LogP contribution in [0.3, 0.4) is 0 Å². The van der Waals surface area contributed by atoms with E-state index in [1.807, 2.05) is 6.92 Å². The zero-order chi connectivity index (χ0) is 15.7. The van der Waals surface area contributed by atoms with Crippen LogP contribution in [0, 0.1) is 37.4 Å². The third-order valence-corrected chi connectivity index (χ3v) is 4.61. The van der Waals surface area contributed by atoms with E-state index in [0.29, 0.717) is 29.5 Å². The summed E-state index contributed by atoms with van der Waals surface area (Å²) in [7, 11) is 0. The van der Waals surface area contributed by atoms with E-state index in [4.69, 9.17) is 0 Å². The molecule has 1 fully saturated rings. The van der Waals surface area contributed by atoms with Crippen molar-refractivity contribution in [2.45, 2.75) is 40.0 Å². The summed E-state index contributed by atoms with van der Waals surface area (Å²) in [5.41, 5.74) is 1.28. The molecule has 0 amide bonds. The number of benzene rings is 1. The molecule has 0 aliphatic heterocycles. The Morgan fingerprint density at radius 1 is 1.19 bits per heavy atom. The lowest BCUT2D eigenvalue weighted by atomic mass is 9.87. The molecule has 0 saturated heterocycles. The van der Waals surface area contributed by atoms with Gasteiger partial charge in [0.1, 0.15) is 5.82 Å². The highest BCUT2D eigenvalue weighted by atomic mass is 19.1. The highest BCUT2D eigenvalue weighted by Gasteiger charge is 2.42. The van der Waals surface area contributed by atoms with E-state index in [9.17, 15) is 19.1 Å². The smallest absolute Gasteiger partial charge is 0.307 e. The standard InChI is InChI=1S/C17H21FO3/c1-4-11-7-13(14(8-11)17(20)21)16(19)12-5-9(2)15(18)10(3)6-12/h5-6,11,13-14H,4,7-8H2,1-3H3,(H,20,21). The molecule has 3 atom stereocenters. The van der Waals surface area contributed by atoms with Gasteiger partial charge in [0, 0.05) is 11.5 Å². The Morgan fingerprint density at radius 3 is 2.19 bits per heavy atom. The van der Waals surface area contributed by atoms with Gasteiger partial charge in [0.15, 0.2) is 5.78 Å². The van der Waals surface area contributed by atoms with Crippen LogP contribution in [-0.2, 0) is 4.79 Å². The van der Waals surface area contributed by atoms with Crippen LogP contribution in [0.5, 0.6) is 0 Å². The van der Waals surface area contributed by atoms with Crippen molar-refractivity contribution in [3.8, 4) is 0 Å². The van der Waals surface area contributed by atoms with Crippen LogP contribution in [0.15, 0.2) is 12.1 Å². The number of Topliss-reactive ketones (excluding diaryl/α,β-unsaturated/α-hetero) is 1. The molecule has 0 heterocycles. The Labute approximate surface area is 124 Å². The van der Waals surface area contributed by atoms with E-state index < -0.39 is 17.8 Å². The van der Waals surface area contributed by atoms with Gasteiger partial charge in [0.2, 0.25) is 0 Å². The summed E-state index contributed by atoms with van der Waals surface area (Å²) < 4.78 is 13.7. The topological polar surface area (TPSA) is 54.4 Å². The molecule has 3 unspecified atom stereocenters. The summed E-state index contributed by atoms with van der Waals surface area (Å²) in [5.74, 6) is -2.20. The molecule has 1 saturated carbocycles. The quantitative estimate of drug-likeness (QED) is 0.860. The number of rotatable bonds is 4. The van der Waals surface area contributed by atoms with Gasteiger partial charge >= 0.3 is 5.97 Å². The first-order chi connectivity index (χ1) is 9.85. The van der Waals surface area contributed by atoms with Crippen molar-refractivity contribution in [2.75, 3.05) is 0 Å². The summed E-state index contributed by atoms with van der Waals surface area (Å²) in [4.78, 5) is 24.0. The molecule has 0 spiro atoms. The Bertz CT molecular complexity index is 556. The summed E-state index contributed by atoms with van der Waals surface area (Å²) >= 11 is 0. The second-order valence-electron chi connectivity index (χ2n) is 6.09. The number of aliphatic carboxylic acids is 1. The van der Waals surface area contributed by atoms with Crippen molar-refractivity contribution >= 4 is 11.8 Å². The lowest BCUT2D eigenvalue weighted by Crippen LogP contribution is -2.25. The fourth-order valence-electron chi connectivity index (χ4n) is 3.34. The molecule has 0 bridgehead atoms. The van der Waals surface area contributed by atoms with E-state index in [2.05, 4.69) is 0 Å². The number of hydrogen-bond acceptors (Lipinski definition) is 2. The number of carbonyl (C=O) groups is 2. The van der Waals surface area contributed by atoms with Crippen molar-refractivity contribution in [3.05, 3.63) is 34.6 Å². The maximum absolute atomic E-state index is 13.7. The first kappa shape index (κ1) is 15.7. The molecule has 4 heteroatoms. The van der Waals surface area contributed by atoms with Gasteiger partial charge in [-0.25, -0.2) is 4.39 Å². The first-order valence-corrected chi connectivity index (χ1v) is 7.38. The van der Waals surface area contributed by atoms with Gasteiger partial charge in [0.05, 0.1) is 5.92 Å². The predicted molar refractivity (Wildman–Crippen MR) is 77.8 cm³/mol. The molecule has 1 aliphatic rings. The highest BCUT2D eigenvalue weighted by molar-refractivity contribution is 6.00. The lowest BCUT2D eigenvalue weighted by Gasteiger charge is -2.15. The number of carboxylic acids is 1. The SMILES string of the molecule is CCC1CC(C(=O)O)C(C(=O)c2cc(C)c(F)c(C)c2)C1. The van der Waals surface area contributed by atoms with Crippen LogP contribution in [0.4, 0.5) is 4.39 Å². The molecule has 114 valence electrons. The monoisotopic (exact) mass is 292 g/mol. The predicted octanol–water partition coefficient (Wildman–Crippen LogP) is 3.76. The average Bonchev–Trinajstić information content (AvgIpc) is 2.87. The van der Waals surface area contributed by atoms with Crippen molar-refractivity contribution in [3.63, 3.8) is 0 Å². The van der Waals surface area contributed by atoms with Gasteiger partial charge in [-0.15, -0.1) is 0 Å². The zero-order valence-corrected chi connectivity index (χ0v) is 12.6. The van der Waals surface area contributed by atoms with Gasteiger partial charge in [-0.05, 0) is 55.9 Å². The summed E-state index contributed by atoms with van der Waals surface area (Å²) in [6, 6.07) is 3.06. The van der Waals surface area contributed by atoms with E-state index in [0.717, 1.165) is 6.42 Å². The fraction of sp³-hybridized carbons (Fsp3) is 0.529. The molecule has 1 aliphatic carbocycles. The minimum atomic E-state index is -0.903. The molecular weight excluding hydrogens is 271 g/mol. The summed E-state index contributed by atoms with van der Waals surface area (Å²) in [5, 5.41) is 9.33. The molecule has 1 N–H and O–H groups in total. The zero-order valence-electron chi connectivity index (χ0n) is 12.6. The number of aryl methyl sites for hydroxylation is 2. The number of hydrogen-bond donors (Lipinski definition) is 1. The number of carbonyl (C=O) groups excluding carboxylic acids is 1. The summed E-state index contributed by atoms with van der Waals surface area (Å²) in [6.07, 6.45) is 2.05. The second-order valence-corrected chi connectivity index (χ2v) is 6.09. The minimum absolute atomic E-state index is 0.162. The maximum atomic E-state index is 13.7. The second kappa shape index (κ2) is 5.96. The third-order valence-electron chi connectivity index (χ3n) is 4.61. The van der Waals surface area contributed by atoms with Crippen LogP contribution in [-0.4, -0.2) is 16.9 Å². The van der Waals surface area contributed by atoms with E-state index in [-0.39, 0.29) is 17.5 Å². The van der Waals surface area contributed by atoms with Crippen LogP contribution in [0.1, 0.15) is 47.7 Å². The van der Waals surface area contributed by atoms with Gasteiger partial charge < -0.3 is 5.11 Å². The first-order valence-electron chi connectivity index (χ1n) is 7.38. The van der Waals surface area contributed by atoms with Gasteiger partial charge in [-0.1, -0.05) is 13.3 Å². The number of halogens is 1. The fourth-order valence-corrected chi connectivity index (χ4v) is 3.34. The minimum Gasteiger partial charge on any atom is -0.481 e. The van der Waals surface area contributed by atoms with Gasteiger partial charge in [-0.2, -0.15) is 0 Å². The Kier molecular flexibility index (Phi) is 4.45. The van der Waals surface area contributed by atoms with E-state index >= 15 is 0 Å². The number of carboxylic acid groups (broad SMARTS) is 1. The molecule has 3 nitrogen and oxygen atoms in total. The van der Waals surface area contributed by atoms with E-state index in [1.165, 1.54) is 12.1 Å². The molecule has 2 rings (SSSR count). The van der Waals surface area contributed by atoms with E-state index in [1.54, 1.807) is 13.8 Å². The largest absolute Gasteiger partial charge is 0.481 e. The molecule has 1 aromatic carbocycles. The molecular formula is C17H21FO3. The van der Waals surface area contributed by atoms with Gasteiger partial charge in [-0.3, -0.25) is 9.59 Å². The van der Waals surface area contributed by atoms with Crippen molar-refractivity contribution in [2.24, 2.45) is 17.8 Å². The molecule has 0 radical (unpaired) electrons. The number of ketones is 1. The maximum Gasteiger partial charge on any atom is 0.307 e. The highest BCUT2D eigenvalue weighted by Crippen LogP contribution is 2.40. The Balaban J connectivity index is 2.32. The normalized spacial score (nSPS) is 25.0. The van der Waals surface area contributed by atoms with Crippen molar-refractivity contribution in [1.29, 1.82) is 0 Å². The van der Waals surface area contributed by atoms with Crippen LogP contribution >= 0.6 is 0 Å². The van der Waals surface area contributed by atoms with Crippen molar-refractivity contribution in [1.82, 2.24) is 0 Å². The van der Waals surface area contributed by atoms with Crippen LogP contribution in [0.2, 0.25) is 0 Å². The molecule has 0 aromatic heterocycles. The Hall–Kier alpha value is -1.71. The summed E-state index contributed by atoms with van der Waals surface area (Å²) in [6.45, 7) is 5.26. The van der Waals surface area contributed by atoms with Crippen LogP contribution < -0.4 is 0 Å². The average molecular weight is 292 g/mol. The van der Waals surface area contributed by atoms with Crippen molar-refractivity contribution < 1.29 is 19.1 Å². The third kappa shape index (κ3) is 2.99.